The van der Waals surface area contributed by atoms with Crippen molar-refractivity contribution in [2.45, 2.75) is 5.41 Å². The second kappa shape index (κ2) is 15.6. The van der Waals surface area contributed by atoms with E-state index >= 15 is 0 Å². The van der Waals surface area contributed by atoms with Gasteiger partial charge in [-0.2, -0.15) is 0 Å². The van der Waals surface area contributed by atoms with Crippen LogP contribution >= 0.6 is 0 Å². The van der Waals surface area contributed by atoms with E-state index in [1.807, 2.05) is 6.08 Å². The molecule has 1 nitrogen and oxygen atoms in total. The number of fused-ring (bicyclic) bond motifs is 7. The third-order valence-electron chi connectivity index (χ3n) is 12.7. The lowest BCUT2D eigenvalue weighted by Gasteiger charge is -2.40. The number of hydrogen-bond acceptors (Lipinski definition) is 1. The summed E-state index contributed by atoms with van der Waals surface area (Å²) in [6.45, 7) is 4.16. The molecule has 62 heavy (non-hydrogen) atoms. The van der Waals surface area contributed by atoms with E-state index in [0.717, 1.165) is 28.1 Å². The van der Waals surface area contributed by atoms with Crippen LogP contribution in [0, 0.1) is 0 Å². The Morgan fingerprint density at radius 3 is 1.15 bits per heavy atom. The molecule has 1 spiro atoms. The monoisotopic (exact) mass is 789 g/mol. The highest BCUT2D eigenvalue weighted by Crippen LogP contribution is 2.64. The van der Waals surface area contributed by atoms with E-state index in [2.05, 4.69) is 254 Å². The second-order valence-electron chi connectivity index (χ2n) is 16.0. The molecule has 0 unspecified atom stereocenters. The van der Waals surface area contributed by atoms with Crippen LogP contribution in [0.3, 0.4) is 0 Å². The summed E-state index contributed by atoms with van der Waals surface area (Å²) in [5.41, 5.74) is 20.9. The molecule has 0 bridgehead atoms. The smallest absolute Gasteiger partial charge is 0.0881 e. The van der Waals surface area contributed by atoms with Crippen LogP contribution in [0.4, 0.5) is 11.4 Å². The third-order valence-corrected chi connectivity index (χ3v) is 12.7. The Morgan fingerprint density at radius 1 is 0.339 bits per heavy atom. The number of nitrogens with zero attached hydrogens (tertiary/aromatic N) is 1. The summed E-state index contributed by atoms with van der Waals surface area (Å²) in [7, 11) is 0. The molecule has 0 heterocycles. The highest BCUT2D eigenvalue weighted by atomic mass is 15.2. The fourth-order valence-electron chi connectivity index (χ4n) is 10.1. The Labute approximate surface area is 364 Å². The summed E-state index contributed by atoms with van der Waals surface area (Å²) < 4.78 is 0. The predicted molar refractivity (Wildman–Crippen MR) is 261 cm³/mol. The van der Waals surface area contributed by atoms with Gasteiger partial charge in [-0.3, -0.25) is 0 Å². The summed E-state index contributed by atoms with van der Waals surface area (Å²) in [6, 6.07) is 84.3. The molecular weight excluding hydrogens is 747 g/mol. The van der Waals surface area contributed by atoms with E-state index in [0.29, 0.717) is 0 Å². The minimum absolute atomic E-state index is 0.638. The molecule has 0 saturated heterocycles. The summed E-state index contributed by atoms with van der Waals surface area (Å²) in [5.74, 6) is 0. The SMILES string of the molecule is C=C/C=C\C1=C(N(c2cccc(-c3ccccc3-c3ccccc3)c2)c2cccc(-c3ccccc3-c3ccccc3)c2)C2(c3ccccc31)c1ccccc1-c1ccccc12. The van der Waals surface area contributed by atoms with Gasteiger partial charge in [0.1, 0.15) is 0 Å². The van der Waals surface area contributed by atoms with Crippen LogP contribution in [-0.2, 0) is 5.41 Å². The van der Waals surface area contributed by atoms with E-state index in [1.54, 1.807) is 0 Å². The standard InChI is InChI=1S/C61H43N/c1-2-3-30-56-55-37-16-19-40-59(55)61(57-38-17-14-35-53(57)54-36-15-18-39-58(54)61)60(56)62(47-28-20-26-45(41-47)51-33-12-10-31-49(51)43-22-6-4-7-23-43)48-29-21-27-46(42-48)52-34-13-11-32-50(52)44-24-8-5-9-25-44/h2-42H,1H2/b30-3-. The molecule has 0 atom stereocenters. The quantitative estimate of drug-likeness (QED) is 0.132. The average Bonchev–Trinajstić information content (AvgIpc) is 3.81. The van der Waals surface area contributed by atoms with Gasteiger partial charge in [0, 0.05) is 16.9 Å². The molecule has 0 radical (unpaired) electrons. The maximum absolute atomic E-state index is 4.16. The Morgan fingerprint density at radius 2 is 0.694 bits per heavy atom. The molecule has 0 aromatic heterocycles. The average molecular weight is 790 g/mol. The molecule has 0 saturated carbocycles. The minimum atomic E-state index is -0.638. The van der Waals surface area contributed by atoms with Gasteiger partial charge in [0.25, 0.3) is 0 Å². The van der Waals surface area contributed by atoms with Gasteiger partial charge in [0.15, 0.2) is 0 Å². The van der Waals surface area contributed by atoms with Crippen molar-refractivity contribution in [2.75, 3.05) is 4.90 Å². The van der Waals surface area contributed by atoms with Gasteiger partial charge in [-0.25, -0.2) is 0 Å². The van der Waals surface area contributed by atoms with Gasteiger partial charge in [0.05, 0.1) is 11.1 Å². The first-order chi connectivity index (χ1) is 30.8. The van der Waals surface area contributed by atoms with Gasteiger partial charge in [-0.1, -0.05) is 231 Å². The van der Waals surface area contributed by atoms with Crippen LogP contribution in [0.15, 0.2) is 261 Å². The first-order valence-corrected chi connectivity index (χ1v) is 21.4. The van der Waals surface area contributed by atoms with E-state index in [1.165, 1.54) is 72.5 Å². The molecule has 2 aliphatic rings. The highest BCUT2D eigenvalue weighted by molar-refractivity contribution is 6.01. The zero-order valence-electron chi connectivity index (χ0n) is 34.3. The Bertz CT molecular complexity index is 3030. The second-order valence-corrected chi connectivity index (χ2v) is 16.0. The van der Waals surface area contributed by atoms with Crippen LogP contribution in [-0.4, -0.2) is 0 Å². The molecule has 1 heteroatoms. The largest absolute Gasteiger partial charge is 0.312 e. The molecule has 0 fully saturated rings. The number of rotatable bonds is 9. The molecule has 9 aromatic rings. The van der Waals surface area contributed by atoms with Gasteiger partial charge in [-0.05, 0) is 102 Å². The van der Waals surface area contributed by atoms with Crippen molar-refractivity contribution in [2.24, 2.45) is 0 Å². The maximum atomic E-state index is 4.16. The predicted octanol–water partition coefficient (Wildman–Crippen LogP) is 16.0. The Kier molecular flexibility index (Phi) is 9.29. The van der Waals surface area contributed by atoms with Gasteiger partial charge < -0.3 is 4.90 Å². The summed E-state index contributed by atoms with van der Waals surface area (Å²) in [5, 5.41) is 0. The van der Waals surface area contributed by atoms with Crippen LogP contribution in [0.5, 0.6) is 0 Å². The van der Waals surface area contributed by atoms with Crippen LogP contribution in [0.25, 0.3) is 61.2 Å². The van der Waals surface area contributed by atoms with Crippen molar-refractivity contribution < 1.29 is 0 Å². The summed E-state index contributed by atoms with van der Waals surface area (Å²) in [6.07, 6.45) is 6.26. The van der Waals surface area contributed by atoms with E-state index < -0.39 is 5.41 Å². The fourth-order valence-corrected chi connectivity index (χ4v) is 10.1. The van der Waals surface area contributed by atoms with Gasteiger partial charge in [0.2, 0.25) is 0 Å². The molecule has 11 rings (SSSR count). The van der Waals surface area contributed by atoms with Crippen molar-refractivity contribution in [3.8, 4) is 55.6 Å². The molecule has 2 aliphatic carbocycles. The molecular formula is C61H43N. The van der Waals surface area contributed by atoms with E-state index in [9.17, 15) is 0 Å². The topological polar surface area (TPSA) is 3.24 Å². The van der Waals surface area contributed by atoms with E-state index in [-0.39, 0.29) is 0 Å². The lowest BCUT2D eigenvalue weighted by Crippen LogP contribution is -2.35. The molecule has 292 valence electrons. The number of allylic oxidation sites excluding steroid dienone is 5. The van der Waals surface area contributed by atoms with Crippen molar-refractivity contribution in [1.82, 2.24) is 0 Å². The van der Waals surface area contributed by atoms with Crippen molar-refractivity contribution in [3.63, 3.8) is 0 Å². The third kappa shape index (κ3) is 5.93. The highest BCUT2D eigenvalue weighted by Gasteiger charge is 2.54. The lowest BCUT2D eigenvalue weighted by molar-refractivity contribution is 0.745. The van der Waals surface area contributed by atoms with Crippen molar-refractivity contribution in [1.29, 1.82) is 0 Å². The minimum Gasteiger partial charge on any atom is -0.312 e. The first kappa shape index (κ1) is 37.0. The lowest BCUT2D eigenvalue weighted by atomic mass is 9.71. The maximum Gasteiger partial charge on any atom is 0.0881 e. The normalized spacial score (nSPS) is 13.2. The first-order valence-electron chi connectivity index (χ1n) is 21.4. The van der Waals surface area contributed by atoms with Gasteiger partial charge in [-0.15, -0.1) is 0 Å². The van der Waals surface area contributed by atoms with Crippen molar-refractivity contribution in [3.05, 3.63) is 283 Å². The number of benzene rings is 9. The molecule has 0 N–H and O–H groups in total. The molecule has 9 aromatic carbocycles. The zero-order valence-corrected chi connectivity index (χ0v) is 34.3. The molecule has 0 aliphatic heterocycles. The Balaban J connectivity index is 1.23. The van der Waals surface area contributed by atoms with Crippen LogP contribution in [0.1, 0.15) is 22.3 Å². The summed E-state index contributed by atoms with van der Waals surface area (Å²) >= 11 is 0. The number of hydrogen-bond donors (Lipinski definition) is 0. The van der Waals surface area contributed by atoms with E-state index in [4.69, 9.17) is 0 Å². The number of anilines is 2. The summed E-state index contributed by atoms with van der Waals surface area (Å²) in [4.78, 5) is 2.56. The zero-order chi connectivity index (χ0) is 41.5. The Hall–Kier alpha value is -8.00. The van der Waals surface area contributed by atoms with Gasteiger partial charge >= 0.3 is 0 Å². The van der Waals surface area contributed by atoms with Crippen LogP contribution in [0.2, 0.25) is 0 Å². The molecule has 0 amide bonds. The fraction of sp³-hybridized carbons (Fsp3) is 0.0164. The van der Waals surface area contributed by atoms with Crippen molar-refractivity contribution >= 4 is 16.9 Å². The van der Waals surface area contributed by atoms with Crippen LogP contribution < -0.4 is 4.90 Å².